The summed E-state index contributed by atoms with van der Waals surface area (Å²) in [5, 5.41) is 11.3. The van der Waals surface area contributed by atoms with Crippen LogP contribution in [0.3, 0.4) is 0 Å². The minimum absolute atomic E-state index is 0.173. The highest BCUT2D eigenvalue weighted by Gasteiger charge is 2.68. The van der Waals surface area contributed by atoms with Crippen LogP contribution in [-0.4, -0.2) is 74.8 Å². The first-order valence-electron chi connectivity index (χ1n) is 14.3. The van der Waals surface area contributed by atoms with Crippen molar-refractivity contribution >= 4 is 45.1 Å². The zero-order valence-electron chi connectivity index (χ0n) is 25.4. The number of aliphatic imine (C=N–C) groups is 1. The van der Waals surface area contributed by atoms with Crippen LogP contribution >= 0.6 is 0 Å². The molecule has 0 bridgehead atoms. The predicted octanol–water partition coefficient (Wildman–Crippen LogP) is 2.87. The van der Waals surface area contributed by atoms with Crippen LogP contribution in [0.5, 0.6) is 0 Å². The van der Waals surface area contributed by atoms with E-state index in [1.807, 2.05) is 35.2 Å². The van der Waals surface area contributed by atoms with Crippen LogP contribution in [0, 0.1) is 10.1 Å². The molecule has 3 heterocycles. The maximum atomic E-state index is 14.5. The van der Waals surface area contributed by atoms with Gasteiger partial charge in [0.15, 0.2) is 5.70 Å². The number of nitrogens with zero attached hydrogens (tertiary/aromatic N) is 4. The summed E-state index contributed by atoms with van der Waals surface area (Å²) in [5.74, 6) is -3.06. The first-order valence-corrected chi connectivity index (χ1v) is 15.7. The number of hydrogen-bond acceptors (Lipinski definition) is 12. The fraction of sp³-hybridized carbons (Fsp3) is 0.250. The van der Waals surface area contributed by atoms with Crippen LogP contribution < -0.4 is 4.90 Å². The molecule has 0 amide bonds. The molecule has 3 aliphatic rings. The normalized spacial score (nSPS) is 21.3. The number of hydrogen-bond donors (Lipinski definition) is 0. The van der Waals surface area contributed by atoms with Gasteiger partial charge in [-0.3, -0.25) is 10.1 Å². The molecule has 0 N–H and O–H groups in total. The highest BCUT2D eigenvalue weighted by molar-refractivity contribution is 7.89. The number of anilines is 1. The molecule has 3 aromatic carbocycles. The van der Waals surface area contributed by atoms with Gasteiger partial charge in [0.2, 0.25) is 0 Å². The second kappa shape index (κ2) is 11.7. The number of benzene rings is 3. The largest absolute Gasteiger partial charge is 0.467 e. The Balaban J connectivity index is 1.68. The van der Waals surface area contributed by atoms with E-state index in [0.29, 0.717) is 11.3 Å². The molecule has 0 aliphatic carbocycles. The van der Waals surface area contributed by atoms with E-state index >= 15 is 0 Å². The predicted molar refractivity (Wildman–Crippen MR) is 166 cm³/mol. The van der Waals surface area contributed by atoms with Crippen molar-refractivity contribution < 1.29 is 41.9 Å². The molecule has 0 aromatic heterocycles. The third-order valence-electron chi connectivity index (χ3n) is 8.68. The summed E-state index contributed by atoms with van der Waals surface area (Å²) in [6.07, 6.45) is -0.230. The Kier molecular flexibility index (Phi) is 7.79. The summed E-state index contributed by atoms with van der Waals surface area (Å²) >= 11 is 0. The molecule has 3 aliphatic heterocycles. The van der Waals surface area contributed by atoms with Crippen molar-refractivity contribution in [3.63, 3.8) is 0 Å². The smallest absolute Gasteiger partial charge is 0.357 e. The molecule has 3 aromatic rings. The lowest BCUT2D eigenvalue weighted by Crippen LogP contribution is -2.55. The van der Waals surface area contributed by atoms with E-state index in [-0.39, 0.29) is 35.0 Å². The minimum atomic E-state index is -4.71. The van der Waals surface area contributed by atoms with E-state index in [0.717, 1.165) is 55.5 Å². The quantitative estimate of drug-likeness (QED) is 0.150. The molecule has 0 saturated carbocycles. The molecular formula is C32H28N4O10S. The number of non-ortho nitro benzene ring substituents is 1. The van der Waals surface area contributed by atoms with Crippen LogP contribution in [0.15, 0.2) is 100 Å². The van der Waals surface area contributed by atoms with Gasteiger partial charge in [0, 0.05) is 24.4 Å². The fourth-order valence-corrected chi connectivity index (χ4v) is 8.40. The lowest BCUT2D eigenvalue weighted by Gasteiger charge is -2.40. The van der Waals surface area contributed by atoms with Crippen molar-refractivity contribution in [2.75, 3.05) is 26.2 Å². The van der Waals surface area contributed by atoms with E-state index in [4.69, 9.17) is 14.2 Å². The van der Waals surface area contributed by atoms with Crippen LogP contribution in [0.2, 0.25) is 0 Å². The second-order valence-corrected chi connectivity index (χ2v) is 12.8. The van der Waals surface area contributed by atoms with Crippen LogP contribution in [0.1, 0.15) is 17.5 Å². The van der Waals surface area contributed by atoms with Crippen molar-refractivity contribution in [1.82, 2.24) is 4.31 Å². The summed E-state index contributed by atoms with van der Waals surface area (Å²) < 4.78 is 45.1. The van der Waals surface area contributed by atoms with Crippen LogP contribution in [0.25, 0.3) is 0 Å². The number of methoxy groups -OCH3 is 3. The van der Waals surface area contributed by atoms with Crippen molar-refractivity contribution in [3.8, 4) is 0 Å². The van der Waals surface area contributed by atoms with Gasteiger partial charge < -0.3 is 19.1 Å². The lowest BCUT2D eigenvalue weighted by atomic mass is 9.69. The number of carbonyl (C=O) groups is 3. The van der Waals surface area contributed by atoms with Gasteiger partial charge in [0.1, 0.15) is 11.9 Å². The number of fused-ring (bicyclic) bond motifs is 1. The zero-order chi connectivity index (χ0) is 33.7. The molecule has 242 valence electrons. The van der Waals surface area contributed by atoms with E-state index in [2.05, 4.69) is 4.99 Å². The SMILES string of the molecule is COC(=O)C1=C(C(=O)OC)[C@@H]2N(Cc3ccccc3)c3ccccc3[C@@]23C[C@@H](C(=O)OC)N(S(=O)(=O)c2ccc([N+](=O)[O-])cc2)C3=N1. The molecule has 0 unspecified atom stereocenters. The van der Waals surface area contributed by atoms with E-state index in [1.165, 1.54) is 0 Å². The first kappa shape index (κ1) is 31.4. The molecule has 15 heteroatoms. The highest BCUT2D eigenvalue weighted by Crippen LogP contribution is 2.59. The van der Waals surface area contributed by atoms with Crippen molar-refractivity contribution in [1.29, 1.82) is 0 Å². The number of para-hydroxylation sites is 1. The summed E-state index contributed by atoms with van der Waals surface area (Å²) in [6, 6.07) is 17.9. The lowest BCUT2D eigenvalue weighted by molar-refractivity contribution is -0.384. The summed E-state index contributed by atoms with van der Waals surface area (Å²) in [4.78, 5) is 57.2. The molecule has 1 saturated heterocycles. The molecule has 1 fully saturated rings. The topological polar surface area (TPSA) is 175 Å². The van der Waals surface area contributed by atoms with Gasteiger partial charge in [-0.2, -0.15) is 0 Å². The molecule has 47 heavy (non-hydrogen) atoms. The van der Waals surface area contributed by atoms with E-state index < -0.39 is 56.1 Å². The Morgan fingerprint density at radius 3 is 2.17 bits per heavy atom. The Bertz CT molecular complexity index is 1980. The third kappa shape index (κ3) is 4.72. The van der Waals surface area contributed by atoms with Crippen molar-refractivity contribution in [2.24, 2.45) is 4.99 Å². The van der Waals surface area contributed by atoms with Crippen molar-refractivity contribution in [3.05, 3.63) is 111 Å². The average Bonchev–Trinajstić information content (AvgIpc) is 3.59. The molecular weight excluding hydrogens is 632 g/mol. The molecule has 3 atom stereocenters. The van der Waals surface area contributed by atoms with Crippen molar-refractivity contribution in [2.45, 2.75) is 35.4 Å². The number of carbonyl (C=O) groups excluding carboxylic acids is 3. The number of amidine groups is 1. The number of rotatable bonds is 8. The van der Waals surface area contributed by atoms with Gasteiger partial charge in [-0.25, -0.2) is 32.1 Å². The minimum Gasteiger partial charge on any atom is -0.467 e. The van der Waals surface area contributed by atoms with E-state index in [1.54, 1.807) is 24.3 Å². The Morgan fingerprint density at radius 2 is 1.55 bits per heavy atom. The molecule has 14 nitrogen and oxygen atoms in total. The maximum absolute atomic E-state index is 14.5. The Morgan fingerprint density at radius 1 is 0.915 bits per heavy atom. The summed E-state index contributed by atoms with van der Waals surface area (Å²) in [5.41, 5.74) is -0.505. The molecule has 1 spiro atoms. The fourth-order valence-electron chi connectivity index (χ4n) is 6.77. The average molecular weight is 661 g/mol. The Labute approximate surface area is 269 Å². The van der Waals surface area contributed by atoms with Gasteiger partial charge >= 0.3 is 17.9 Å². The second-order valence-electron chi connectivity index (χ2n) is 11.0. The number of ether oxygens (including phenoxy) is 3. The monoisotopic (exact) mass is 660 g/mol. The van der Waals surface area contributed by atoms with Gasteiger partial charge in [-0.15, -0.1) is 0 Å². The summed E-state index contributed by atoms with van der Waals surface area (Å²) in [6.45, 7) is 0.213. The standard InChI is InChI=1S/C32H28N4O10S/c1-44-28(37)24-17-32-22-11-7-8-12-23(22)34(18-19-9-5-4-6-10-19)27(32)25(29(38)45-2)26(30(39)46-3)33-31(32)35(24)47(42,43)21-15-13-20(14-16-21)36(40)41/h4-16,24,27H,17-18H2,1-3H3/t24-,27-,32-/m0/s1. The van der Waals surface area contributed by atoms with Gasteiger partial charge in [-0.1, -0.05) is 48.5 Å². The van der Waals surface area contributed by atoms with Gasteiger partial charge in [-0.05, 0) is 35.7 Å². The van der Waals surface area contributed by atoms with E-state index in [9.17, 15) is 32.9 Å². The number of sulfonamides is 1. The highest BCUT2D eigenvalue weighted by atomic mass is 32.2. The van der Waals surface area contributed by atoms with Crippen LogP contribution in [-0.2, 0) is 50.6 Å². The number of nitro groups is 1. The Hall–Kier alpha value is -5.57. The summed E-state index contributed by atoms with van der Waals surface area (Å²) in [7, 11) is -1.35. The number of nitro benzene ring substituents is 1. The number of esters is 3. The van der Waals surface area contributed by atoms with Gasteiger partial charge in [0.05, 0.1) is 48.2 Å². The molecule has 0 radical (unpaired) electrons. The maximum Gasteiger partial charge on any atom is 0.357 e. The first-order chi connectivity index (χ1) is 22.5. The molecule has 6 rings (SSSR count). The van der Waals surface area contributed by atoms with Crippen LogP contribution in [0.4, 0.5) is 11.4 Å². The third-order valence-corrected chi connectivity index (χ3v) is 10.5. The zero-order valence-corrected chi connectivity index (χ0v) is 26.2. The van der Waals surface area contributed by atoms with Gasteiger partial charge in [0.25, 0.3) is 15.7 Å².